The molecule has 1 saturated heterocycles. The summed E-state index contributed by atoms with van der Waals surface area (Å²) in [6, 6.07) is 1.24. The summed E-state index contributed by atoms with van der Waals surface area (Å²) in [6.45, 7) is -0.737. The lowest BCUT2D eigenvalue weighted by molar-refractivity contribution is -0.0482. The molecule has 1 aromatic rings. The van der Waals surface area contributed by atoms with Gasteiger partial charge in [0.1, 0.15) is 18.0 Å². The van der Waals surface area contributed by atoms with E-state index in [1.165, 1.54) is 6.07 Å². The first-order valence-electron chi connectivity index (χ1n) is 5.71. The fourth-order valence-corrected chi connectivity index (χ4v) is 2.20. The van der Waals surface area contributed by atoms with Crippen molar-refractivity contribution in [3.8, 4) is 0 Å². The molecule has 0 saturated carbocycles. The lowest BCUT2D eigenvalue weighted by Crippen LogP contribution is -2.33. The Bertz CT molecular complexity index is 620. The lowest BCUT2D eigenvalue weighted by atomic mass is 10.1. The number of halogens is 1. The third-order valence-electron chi connectivity index (χ3n) is 2.83. The van der Waals surface area contributed by atoms with Gasteiger partial charge in [-0.3, -0.25) is 9.09 Å². The predicted octanol–water partition coefficient (Wildman–Crippen LogP) is -1.47. The van der Waals surface area contributed by atoms with Gasteiger partial charge in [0.2, 0.25) is 0 Å². The van der Waals surface area contributed by atoms with Crippen molar-refractivity contribution in [1.82, 2.24) is 9.55 Å². The molecule has 0 unspecified atom stereocenters. The van der Waals surface area contributed by atoms with Gasteiger partial charge >= 0.3 is 13.5 Å². The lowest BCUT2D eigenvalue weighted by Gasteiger charge is -2.16. The number of alkyl halides is 1. The number of aliphatic hydroxyl groups is 1. The number of hydrogen-bond donors (Lipinski definition) is 4. The summed E-state index contributed by atoms with van der Waals surface area (Å²) in [5, 5.41) is 9.64. The van der Waals surface area contributed by atoms with Gasteiger partial charge in [0, 0.05) is 6.20 Å². The molecule has 0 amide bonds. The Kier molecular flexibility index (Phi) is 4.42. The average Bonchev–Trinajstić information content (AvgIpc) is 2.64. The molecule has 12 heteroatoms. The fourth-order valence-electron chi connectivity index (χ4n) is 1.86. The molecule has 0 radical (unpaired) electrons. The van der Waals surface area contributed by atoms with Crippen LogP contribution in [0, 0.1) is 0 Å². The Morgan fingerprint density at radius 1 is 1.57 bits per heavy atom. The number of nitrogen functional groups attached to an aromatic ring is 1. The van der Waals surface area contributed by atoms with Crippen molar-refractivity contribution in [3.05, 3.63) is 22.7 Å². The van der Waals surface area contributed by atoms with Crippen LogP contribution in [0.5, 0.6) is 0 Å². The number of nitrogens with two attached hydrogens (primary N) is 1. The quantitative estimate of drug-likeness (QED) is 0.485. The van der Waals surface area contributed by atoms with Crippen LogP contribution in [0.1, 0.15) is 6.23 Å². The van der Waals surface area contributed by atoms with Crippen LogP contribution in [0.2, 0.25) is 0 Å². The largest absolute Gasteiger partial charge is 0.469 e. The highest BCUT2D eigenvalue weighted by atomic mass is 31.2. The molecule has 0 aromatic carbocycles. The summed E-state index contributed by atoms with van der Waals surface area (Å²) in [5.74, 6) is -0.0633. The predicted molar refractivity (Wildman–Crippen MR) is 65.7 cm³/mol. The number of anilines is 1. The van der Waals surface area contributed by atoms with E-state index in [9.17, 15) is 18.9 Å². The third kappa shape index (κ3) is 3.64. The van der Waals surface area contributed by atoms with Crippen molar-refractivity contribution in [2.75, 3.05) is 12.3 Å². The van der Waals surface area contributed by atoms with Crippen LogP contribution in [-0.2, 0) is 13.8 Å². The zero-order chi connectivity index (χ0) is 15.8. The molecule has 10 nitrogen and oxygen atoms in total. The Morgan fingerprint density at radius 3 is 2.81 bits per heavy atom. The SMILES string of the molecule is Nc1ccn([C@@H]2O[C@H](COP(=O)(O)O)[C@@H](O)[C@@H]2F)c(=O)n1. The maximum Gasteiger partial charge on any atom is 0.469 e. The molecule has 2 rings (SSSR count). The van der Waals surface area contributed by atoms with Crippen molar-refractivity contribution in [3.63, 3.8) is 0 Å². The number of phosphoric acid groups is 1. The maximum absolute atomic E-state index is 14.0. The summed E-state index contributed by atoms with van der Waals surface area (Å²) < 4.78 is 34.6. The first-order valence-corrected chi connectivity index (χ1v) is 7.24. The van der Waals surface area contributed by atoms with Crippen LogP contribution in [0.4, 0.5) is 10.2 Å². The average molecular weight is 325 g/mol. The standard InChI is InChI=1S/C9H13FN3O7P/c10-6-7(14)4(3-19-21(16,17)18)20-8(6)13-2-1-5(11)12-9(13)15/h1-2,4,6-8,14H,3H2,(H2,11,12,15)(H2,16,17,18)/t4-,6+,7-,8-/m1/s1. The van der Waals surface area contributed by atoms with Gasteiger partial charge in [0.15, 0.2) is 12.4 Å². The van der Waals surface area contributed by atoms with Crippen LogP contribution < -0.4 is 11.4 Å². The molecule has 0 bridgehead atoms. The Hall–Kier alpha value is -1.36. The van der Waals surface area contributed by atoms with Crippen LogP contribution in [0.3, 0.4) is 0 Å². The van der Waals surface area contributed by atoms with Gasteiger partial charge in [-0.25, -0.2) is 13.8 Å². The minimum Gasteiger partial charge on any atom is -0.387 e. The molecule has 1 aliphatic heterocycles. The molecule has 1 fully saturated rings. The van der Waals surface area contributed by atoms with Crippen LogP contribution in [0.25, 0.3) is 0 Å². The van der Waals surface area contributed by atoms with Crippen molar-refractivity contribution < 1.29 is 33.1 Å². The van der Waals surface area contributed by atoms with Gasteiger partial charge in [-0.1, -0.05) is 0 Å². The number of phosphoric ester groups is 1. The highest BCUT2D eigenvalue weighted by Gasteiger charge is 2.46. The van der Waals surface area contributed by atoms with Crippen molar-refractivity contribution in [2.24, 2.45) is 0 Å². The third-order valence-corrected chi connectivity index (χ3v) is 3.31. The zero-order valence-electron chi connectivity index (χ0n) is 10.4. The van der Waals surface area contributed by atoms with E-state index in [2.05, 4.69) is 9.51 Å². The summed E-state index contributed by atoms with van der Waals surface area (Å²) in [4.78, 5) is 32.1. The van der Waals surface area contributed by atoms with E-state index in [0.29, 0.717) is 0 Å². The Morgan fingerprint density at radius 2 is 2.24 bits per heavy atom. The van der Waals surface area contributed by atoms with E-state index < -0.39 is 44.7 Å². The van der Waals surface area contributed by atoms with Crippen molar-refractivity contribution in [1.29, 1.82) is 0 Å². The highest BCUT2D eigenvalue weighted by Crippen LogP contribution is 2.38. The van der Waals surface area contributed by atoms with Gasteiger partial charge < -0.3 is 25.4 Å². The van der Waals surface area contributed by atoms with Crippen LogP contribution in [0.15, 0.2) is 17.1 Å². The Labute approximate surface area is 117 Å². The van der Waals surface area contributed by atoms with Gasteiger partial charge in [-0.05, 0) is 6.07 Å². The van der Waals surface area contributed by atoms with E-state index >= 15 is 0 Å². The highest BCUT2D eigenvalue weighted by molar-refractivity contribution is 7.46. The van der Waals surface area contributed by atoms with Crippen LogP contribution >= 0.6 is 7.82 Å². The van der Waals surface area contributed by atoms with Gasteiger partial charge in [-0.15, -0.1) is 0 Å². The summed E-state index contributed by atoms with van der Waals surface area (Å²) >= 11 is 0. The minimum atomic E-state index is -4.78. The van der Waals surface area contributed by atoms with Crippen molar-refractivity contribution in [2.45, 2.75) is 24.6 Å². The number of ether oxygens (including phenoxy) is 1. The molecule has 0 aliphatic carbocycles. The van der Waals surface area contributed by atoms with E-state index in [4.69, 9.17) is 20.3 Å². The smallest absolute Gasteiger partial charge is 0.387 e. The number of nitrogens with zero attached hydrogens (tertiary/aromatic N) is 2. The number of hydrogen-bond acceptors (Lipinski definition) is 7. The second-order valence-corrected chi connectivity index (χ2v) is 5.57. The molecule has 118 valence electrons. The molecule has 1 aromatic heterocycles. The first-order chi connectivity index (χ1) is 9.69. The second-order valence-electron chi connectivity index (χ2n) is 4.33. The Balaban J connectivity index is 2.16. The molecule has 4 atom stereocenters. The fraction of sp³-hybridized carbons (Fsp3) is 0.556. The molecule has 2 heterocycles. The van der Waals surface area contributed by atoms with E-state index in [1.807, 2.05) is 0 Å². The number of aromatic nitrogens is 2. The first kappa shape index (κ1) is 16.0. The molecule has 0 spiro atoms. The molecular weight excluding hydrogens is 312 g/mol. The summed E-state index contributed by atoms with van der Waals surface area (Å²) in [6.07, 6.45) is -5.42. The van der Waals surface area contributed by atoms with Crippen molar-refractivity contribution >= 4 is 13.6 Å². The normalized spacial score (nSPS) is 29.7. The maximum atomic E-state index is 14.0. The molecule has 1 aliphatic rings. The topological polar surface area (TPSA) is 157 Å². The van der Waals surface area contributed by atoms with E-state index in [1.54, 1.807) is 0 Å². The minimum absolute atomic E-state index is 0.0633. The second kappa shape index (κ2) is 5.79. The van der Waals surface area contributed by atoms with Gasteiger partial charge in [0.05, 0.1) is 6.61 Å². The number of aliphatic hydroxyl groups excluding tert-OH is 1. The number of rotatable bonds is 4. The molecular formula is C9H13FN3O7P. The summed E-state index contributed by atoms with van der Waals surface area (Å²) in [7, 11) is -4.78. The van der Waals surface area contributed by atoms with E-state index in [-0.39, 0.29) is 5.82 Å². The molecule has 21 heavy (non-hydrogen) atoms. The summed E-state index contributed by atoms with van der Waals surface area (Å²) in [5.41, 5.74) is 4.41. The zero-order valence-corrected chi connectivity index (χ0v) is 11.3. The van der Waals surface area contributed by atoms with E-state index in [0.717, 1.165) is 10.8 Å². The van der Waals surface area contributed by atoms with Crippen LogP contribution in [-0.4, -0.2) is 49.4 Å². The molecule has 5 N–H and O–H groups in total. The van der Waals surface area contributed by atoms with Gasteiger partial charge in [0.25, 0.3) is 0 Å². The van der Waals surface area contributed by atoms with Gasteiger partial charge in [-0.2, -0.15) is 4.98 Å². The monoisotopic (exact) mass is 325 g/mol.